The van der Waals surface area contributed by atoms with E-state index < -0.39 is 0 Å². The van der Waals surface area contributed by atoms with Gasteiger partial charge in [-0.2, -0.15) is 0 Å². The van der Waals surface area contributed by atoms with E-state index in [2.05, 4.69) is 53.2 Å². The number of rotatable bonds is 3. The number of thiazole rings is 1. The molecule has 0 radical (unpaired) electrons. The van der Waals surface area contributed by atoms with Crippen molar-refractivity contribution < 1.29 is 5.11 Å². The standard InChI is InChI=1S/C27H19NOS/c29-27-23(15-21-10-14-26-25(17-21)28-18-30-26)13-12-22-11-9-20(16-24(22)27)8-4-7-19-5-2-1-3-6-19/h1-3,5-6,9-14,16-18,29H,7,15H2. The largest absolute Gasteiger partial charge is 0.507 e. The molecule has 4 aromatic carbocycles. The first-order chi connectivity index (χ1) is 14.8. The lowest BCUT2D eigenvalue weighted by Gasteiger charge is -2.09. The molecule has 0 aliphatic heterocycles. The first-order valence-electron chi connectivity index (χ1n) is 9.86. The fourth-order valence-corrected chi connectivity index (χ4v) is 4.31. The van der Waals surface area contributed by atoms with Gasteiger partial charge < -0.3 is 5.11 Å². The van der Waals surface area contributed by atoms with Crippen molar-refractivity contribution in [1.29, 1.82) is 0 Å². The van der Waals surface area contributed by atoms with Crippen LogP contribution in [0.2, 0.25) is 0 Å². The summed E-state index contributed by atoms with van der Waals surface area (Å²) in [6.07, 6.45) is 1.38. The van der Waals surface area contributed by atoms with E-state index in [1.165, 1.54) is 10.3 Å². The van der Waals surface area contributed by atoms with E-state index in [0.717, 1.165) is 33.0 Å². The van der Waals surface area contributed by atoms with Crippen LogP contribution in [0.3, 0.4) is 0 Å². The Bertz CT molecular complexity index is 1410. The van der Waals surface area contributed by atoms with Crippen molar-refractivity contribution in [1.82, 2.24) is 4.98 Å². The Balaban J connectivity index is 1.44. The van der Waals surface area contributed by atoms with E-state index in [9.17, 15) is 5.11 Å². The fourth-order valence-electron chi connectivity index (χ4n) is 3.65. The molecule has 0 aliphatic carbocycles. The van der Waals surface area contributed by atoms with Gasteiger partial charge in [-0.05, 0) is 46.3 Å². The molecule has 5 rings (SSSR count). The van der Waals surface area contributed by atoms with E-state index in [0.29, 0.717) is 18.6 Å². The van der Waals surface area contributed by atoms with E-state index in [1.54, 1.807) is 11.3 Å². The first kappa shape index (κ1) is 18.4. The lowest BCUT2D eigenvalue weighted by Crippen LogP contribution is -1.90. The first-order valence-corrected chi connectivity index (χ1v) is 10.7. The Hall–Kier alpha value is -3.61. The quantitative estimate of drug-likeness (QED) is 0.355. The molecule has 1 heterocycles. The van der Waals surface area contributed by atoms with Crippen LogP contribution in [0, 0.1) is 11.8 Å². The van der Waals surface area contributed by atoms with Crippen LogP contribution in [-0.2, 0) is 12.8 Å². The van der Waals surface area contributed by atoms with Gasteiger partial charge in [0.15, 0.2) is 0 Å². The molecule has 0 spiro atoms. The Labute approximate surface area is 179 Å². The summed E-state index contributed by atoms with van der Waals surface area (Å²) in [6.45, 7) is 0. The Morgan fingerprint density at radius 3 is 2.63 bits per heavy atom. The fraction of sp³-hybridized carbons (Fsp3) is 0.0741. The van der Waals surface area contributed by atoms with Crippen LogP contribution in [0.5, 0.6) is 5.75 Å². The summed E-state index contributed by atoms with van der Waals surface area (Å²) in [4.78, 5) is 4.40. The number of hydrogen-bond acceptors (Lipinski definition) is 3. The number of phenolic OH excluding ortho intramolecular Hbond substituents is 1. The summed E-state index contributed by atoms with van der Waals surface area (Å²) >= 11 is 1.64. The maximum absolute atomic E-state index is 11.0. The second-order valence-corrected chi connectivity index (χ2v) is 8.19. The lowest BCUT2D eigenvalue weighted by atomic mass is 9.98. The third-order valence-corrected chi connectivity index (χ3v) is 6.04. The normalized spacial score (nSPS) is 10.8. The van der Waals surface area contributed by atoms with Crippen LogP contribution in [0.25, 0.3) is 21.0 Å². The highest BCUT2D eigenvalue weighted by Crippen LogP contribution is 2.31. The number of aromatic nitrogens is 1. The van der Waals surface area contributed by atoms with E-state index >= 15 is 0 Å². The van der Waals surface area contributed by atoms with Crippen LogP contribution in [0.1, 0.15) is 22.3 Å². The average molecular weight is 406 g/mol. The topological polar surface area (TPSA) is 33.1 Å². The van der Waals surface area contributed by atoms with Gasteiger partial charge in [0, 0.05) is 23.8 Å². The molecule has 0 unspecified atom stereocenters. The van der Waals surface area contributed by atoms with Crippen molar-refractivity contribution in [2.24, 2.45) is 0 Å². The number of hydrogen-bond donors (Lipinski definition) is 1. The molecule has 5 aromatic rings. The van der Waals surface area contributed by atoms with Crippen molar-refractivity contribution in [2.45, 2.75) is 12.8 Å². The zero-order chi connectivity index (χ0) is 20.3. The average Bonchev–Trinajstić information content (AvgIpc) is 3.25. The summed E-state index contributed by atoms with van der Waals surface area (Å²) in [5.41, 5.74) is 7.03. The predicted octanol–water partition coefficient (Wildman–Crippen LogP) is 6.34. The maximum Gasteiger partial charge on any atom is 0.126 e. The van der Waals surface area contributed by atoms with E-state index in [4.69, 9.17) is 0 Å². The molecule has 30 heavy (non-hydrogen) atoms. The number of benzene rings is 4. The molecule has 0 atom stereocenters. The Morgan fingerprint density at radius 1 is 0.867 bits per heavy atom. The molecule has 144 valence electrons. The zero-order valence-electron chi connectivity index (χ0n) is 16.3. The van der Waals surface area contributed by atoms with E-state index in [1.807, 2.05) is 48.0 Å². The molecule has 3 heteroatoms. The molecule has 0 amide bonds. The monoisotopic (exact) mass is 405 g/mol. The minimum atomic E-state index is 0.331. The van der Waals surface area contributed by atoms with Crippen LogP contribution in [0.15, 0.2) is 84.4 Å². The predicted molar refractivity (Wildman–Crippen MR) is 125 cm³/mol. The summed E-state index contributed by atoms with van der Waals surface area (Å²) in [5, 5.41) is 12.8. The third kappa shape index (κ3) is 3.78. The van der Waals surface area contributed by atoms with Crippen molar-refractivity contribution in [3.63, 3.8) is 0 Å². The number of phenols is 1. The SMILES string of the molecule is Oc1c(Cc2ccc3scnc3c2)ccc2ccc(C#CCc3ccccc3)cc12. The van der Waals surface area contributed by atoms with Gasteiger partial charge in [0.25, 0.3) is 0 Å². The van der Waals surface area contributed by atoms with Crippen molar-refractivity contribution in [2.75, 3.05) is 0 Å². The Morgan fingerprint density at radius 2 is 1.73 bits per heavy atom. The van der Waals surface area contributed by atoms with Gasteiger partial charge in [-0.15, -0.1) is 11.3 Å². The van der Waals surface area contributed by atoms with Crippen molar-refractivity contribution >= 4 is 32.3 Å². The van der Waals surface area contributed by atoms with Gasteiger partial charge in [0.05, 0.1) is 15.7 Å². The van der Waals surface area contributed by atoms with E-state index in [-0.39, 0.29) is 0 Å². The van der Waals surface area contributed by atoms with Crippen molar-refractivity contribution in [3.05, 3.63) is 107 Å². The van der Waals surface area contributed by atoms with Crippen LogP contribution in [0.4, 0.5) is 0 Å². The van der Waals surface area contributed by atoms with Gasteiger partial charge in [0.2, 0.25) is 0 Å². The Kier molecular flexibility index (Phi) is 4.93. The number of fused-ring (bicyclic) bond motifs is 2. The molecule has 0 aliphatic rings. The minimum absolute atomic E-state index is 0.331. The molecule has 0 saturated carbocycles. The minimum Gasteiger partial charge on any atom is -0.507 e. The van der Waals surface area contributed by atoms with Crippen LogP contribution >= 0.6 is 11.3 Å². The van der Waals surface area contributed by atoms with Gasteiger partial charge in [0.1, 0.15) is 5.75 Å². The highest BCUT2D eigenvalue weighted by atomic mass is 32.1. The van der Waals surface area contributed by atoms with Gasteiger partial charge in [-0.25, -0.2) is 4.98 Å². The molecule has 1 aromatic heterocycles. The molecule has 0 fully saturated rings. The second-order valence-electron chi connectivity index (χ2n) is 7.30. The number of nitrogens with zero attached hydrogens (tertiary/aromatic N) is 1. The van der Waals surface area contributed by atoms with Gasteiger partial charge >= 0.3 is 0 Å². The number of aromatic hydroxyl groups is 1. The van der Waals surface area contributed by atoms with Gasteiger partial charge in [-0.1, -0.05) is 66.4 Å². The smallest absolute Gasteiger partial charge is 0.126 e. The highest BCUT2D eigenvalue weighted by molar-refractivity contribution is 7.16. The highest BCUT2D eigenvalue weighted by Gasteiger charge is 2.09. The molecule has 0 saturated heterocycles. The summed E-state index contributed by atoms with van der Waals surface area (Å²) < 4.78 is 1.18. The maximum atomic E-state index is 11.0. The summed E-state index contributed by atoms with van der Waals surface area (Å²) in [5.74, 6) is 6.80. The molecule has 1 N–H and O–H groups in total. The summed E-state index contributed by atoms with van der Waals surface area (Å²) in [7, 11) is 0. The van der Waals surface area contributed by atoms with Gasteiger partial charge in [-0.3, -0.25) is 0 Å². The molecule has 2 nitrogen and oxygen atoms in total. The van der Waals surface area contributed by atoms with Crippen LogP contribution in [-0.4, -0.2) is 10.1 Å². The molecular formula is C27H19NOS. The lowest BCUT2D eigenvalue weighted by molar-refractivity contribution is 0.476. The zero-order valence-corrected chi connectivity index (χ0v) is 17.1. The van der Waals surface area contributed by atoms with Crippen LogP contribution < -0.4 is 0 Å². The molecule has 0 bridgehead atoms. The van der Waals surface area contributed by atoms with Crippen molar-refractivity contribution in [3.8, 4) is 17.6 Å². The third-order valence-electron chi connectivity index (χ3n) is 5.23. The second kappa shape index (κ2) is 8.02. The summed E-state index contributed by atoms with van der Waals surface area (Å²) in [6, 6.07) is 26.6. The molecular weight excluding hydrogens is 386 g/mol.